The molecule has 0 atom stereocenters. The van der Waals surface area contributed by atoms with E-state index in [2.05, 4.69) is 22.3 Å². The van der Waals surface area contributed by atoms with E-state index in [9.17, 15) is 0 Å². The molecule has 1 heterocycles. The van der Waals surface area contributed by atoms with Crippen molar-refractivity contribution in [2.75, 3.05) is 6.54 Å². The van der Waals surface area contributed by atoms with Gasteiger partial charge in [-0.1, -0.05) is 23.4 Å². The van der Waals surface area contributed by atoms with Crippen LogP contribution in [0.1, 0.15) is 24.3 Å². The molecule has 0 fully saturated rings. The van der Waals surface area contributed by atoms with Gasteiger partial charge in [0.15, 0.2) is 0 Å². The zero-order chi connectivity index (χ0) is 12.1. The van der Waals surface area contributed by atoms with Crippen molar-refractivity contribution in [1.82, 2.24) is 10.1 Å². The predicted octanol–water partition coefficient (Wildman–Crippen LogP) is 2.33. The molecule has 1 aromatic heterocycles. The van der Waals surface area contributed by atoms with Crippen molar-refractivity contribution in [3.05, 3.63) is 35.7 Å². The number of nitrogens with zero attached hydrogens (tertiary/aromatic N) is 2. The largest absolute Gasteiger partial charge is 0.339 e. The van der Waals surface area contributed by atoms with Crippen molar-refractivity contribution in [1.29, 1.82) is 0 Å². The first kappa shape index (κ1) is 11.8. The monoisotopic (exact) mass is 231 g/mol. The van der Waals surface area contributed by atoms with Crippen LogP contribution in [-0.2, 0) is 6.42 Å². The molecule has 4 heteroatoms. The second-order valence-corrected chi connectivity index (χ2v) is 4.08. The van der Waals surface area contributed by atoms with Gasteiger partial charge in [0.25, 0.3) is 0 Å². The third-order valence-electron chi connectivity index (χ3n) is 2.63. The zero-order valence-corrected chi connectivity index (χ0v) is 10.0. The molecular formula is C13H17N3O. The van der Waals surface area contributed by atoms with E-state index in [4.69, 9.17) is 10.3 Å². The topological polar surface area (TPSA) is 64.9 Å². The van der Waals surface area contributed by atoms with Crippen molar-refractivity contribution in [2.24, 2.45) is 5.73 Å². The molecule has 2 rings (SSSR count). The summed E-state index contributed by atoms with van der Waals surface area (Å²) in [5.41, 5.74) is 7.78. The van der Waals surface area contributed by atoms with Crippen molar-refractivity contribution >= 4 is 0 Å². The number of nitrogens with two attached hydrogens (primary N) is 1. The lowest BCUT2D eigenvalue weighted by atomic mass is 10.1. The van der Waals surface area contributed by atoms with Crippen LogP contribution in [0.2, 0.25) is 0 Å². The Morgan fingerprint density at radius 3 is 2.88 bits per heavy atom. The summed E-state index contributed by atoms with van der Waals surface area (Å²) in [7, 11) is 0. The van der Waals surface area contributed by atoms with Crippen LogP contribution in [-0.4, -0.2) is 16.7 Å². The Bertz CT molecular complexity index is 479. The minimum absolute atomic E-state index is 0.591. The van der Waals surface area contributed by atoms with Gasteiger partial charge in [-0.3, -0.25) is 0 Å². The van der Waals surface area contributed by atoms with Crippen molar-refractivity contribution in [3.8, 4) is 11.4 Å². The van der Waals surface area contributed by atoms with Crippen LogP contribution in [0.3, 0.4) is 0 Å². The van der Waals surface area contributed by atoms with Crippen LogP contribution in [0.25, 0.3) is 11.4 Å². The Balaban J connectivity index is 2.11. The maximum atomic E-state index is 5.48. The van der Waals surface area contributed by atoms with E-state index in [0.29, 0.717) is 11.7 Å². The Morgan fingerprint density at radius 2 is 2.18 bits per heavy atom. The maximum Gasteiger partial charge on any atom is 0.223 e. The smallest absolute Gasteiger partial charge is 0.223 e. The number of unbranched alkanes of at least 4 members (excludes halogenated alkanes) is 1. The van der Waals surface area contributed by atoms with Gasteiger partial charge >= 0.3 is 0 Å². The van der Waals surface area contributed by atoms with Gasteiger partial charge in [-0.05, 0) is 37.4 Å². The molecule has 0 unspecified atom stereocenters. The van der Waals surface area contributed by atoms with E-state index in [0.717, 1.165) is 31.4 Å². The predicted molar refractivity (Wildman–Crippen MR) is 66.5 cm³/mol. The molecular weight excluding hydrogens is 214 g/mol. The van der Waals surface area contributed by atoms with Gasteiger partial charge in [0.1, 0.15) is 0 Å². The van der Waals surface area contributed by atoms with E-state index in [1.54, 1.807) is 6.92 Å². The lowest BCUT2D eigenvalue weighted by Crippen LogP contribution is -1.99. The summed E-state index contributed by atoms with van der Waals surface area (Å²) in [4.78, 5) is 4.22. The Kier molecular flexibility index (Phi) is 3.88. The molecule has 0 amide bonds. The maximum absolute atomic E-state index is 5.48. The molecule has 4 nitrogen and oxygen atoms in total. The van der Waals surface area contributed by atoms with Gasteiger partial charge in [-0.25, -0.2) is 0 Å². The Hall–Kier alpha value is -1.68. The van der Waals surface area contributed by atoms with Gasteiger partial charge in [-0.15, -0.1) is 0 Å². The first-order chi connectivity index (χ1) is 8.29. The summed E-state index contributed by atoms with van der Waals surface area (Å²) in [6.45, 7) is 2.55. The van der Waals surface area contributed by atoms with Crippen LogP contribution in [0.5, 0.6) is 0 Å². The van der Waals surface area contributed by atoms with E-state index < -0.39 is 0 Å². The minimum atomic E-state index is 0.591. The highest BCUT2D eigenvalue weighted by atomic mass is 16.5. The molecule has 0 aliphatic carbocycles. The molecule has 0 saturated heterocycles. The molecule has 17 heavy (non-hydrogen) atoms. The van der Waals surface area contributed by atoms with Crippen LogP contribution in [0, 0.1) is 6.92 Å². The van der Waals surface area contributed by atoms with Gasteiger partial charge in [0.2, 0.25) is 11.7 Å². The Morgan fingerprint density at radius 1 is 1.29 bits per heavy atom. The van der Waals surface area contributed by atoms with Crippen LogP contribution in [0.4, 0.5) is 0 Å². The van der Waals surface area contributed by atoms with Crippen molar-refractivity contribution < 1.29 is 4.52 Å². The highest BCUT2D eigenvalue weighted by Crippen LogP contribution is 2.18. The van der Waals surface area contributed by atoms with Crippen molar-refractivity contribution in [2.45, 2.75) is 26.2 Å². The van der Waals surface area contributed by atoms with Crippen LogP contribution < -0.4 is 5.73 Å². The van der Waals surface area contributed by atoms with E-state index in [-0.39, 0.29) is 0 Å². The van der Waals surface area contributed by atoms with Crippen LogP contribution in [0.15, 0.2) is 28.8 Å². The third kappa shape index (κ3) is 3.14. The SMILES string of the molecule is Cc1nc(-c2cccc(CCCCN)c2)no1. The van der Waals surface area contributed by atoms with Gasteiger partial charge in [0, 0.05) is 12.5 Å². The normalized spacial score (nSPS) is 10.7. The second kappa shape index (κ2) is 5.59. The van der Waals surface area contributed by atoms with E-state index >= 15 is 0 Å². The van der Waals surface area contributed by atoms with E-state index in [1.807, 2.05) is 12.1 Å². The molecule has 0 saturated carbocycles. The standard InChI is InChI=1S/C13H17N3O/c1-10-15-13(16-17-10)12-7-4-6-11(9-12)5-2-3-8-14/h4,6-7,9H,2-3,5,8,14H2,1H3. The zero-order valence-electron chi connectivity index (χ0n) is 10.0. The van der Waals surface area contributed by atoms with Gasteiger partial charge in [-0.2, -0.15) is 4.98 Å². The highest BCUT2D eigenvalue weighted by molar-refractivity contribution is 5.55. The summed E-state index contributed by atoms with van der Waals surface area (Å²) in [5, 5.41) is 3.92. The summed E-state index contributed by atoms with van der Waals surface area (Å²) < 4.78 is 4.98. The number of aromatic nitrogens is 2. The van der Waals surface area contributed by atoms with Gasteiger partial charge in [0.05, 0.1) is 0 Å². The van der Waals surface area contributed by atoms with Crippen molar-refractivity contribution in [3.63, 3.8) is 0 Å². The van der Waals surface area contributed by atoms with E-state index in [1.165, 1.54) is 5.56 Å². The summed E-state index contributed by atoms with van der Waals surface area (Å²) in [5.74, 6) is 1.25. The molecule has 0 aliphatic rings. The molecule has 0 bridgehead atoms. The minimum Gasteiger partial charge on any atom is -0.339 e. The molecule has 0 radical (unpaired) electrons. The number of aryl methyl sites for hydroxylation is 2. The third-order valence-corrected chi connectivity index (χ3v) is 2.63. The fourth-order valence-electron chi connectivity index (χ4n) is 1.76. The fourth-order valence-corrected chi connectivity index (χ4v) is 1.76. The summed E-state index contributed by atoms with van der Waals surface area (Å²) in [6.07, 6.45) is 3.22. The lowest BCUT2D eigenvalue weighted by Gasteiger charge is -2.02. The summed E-state index contributed by atoms with van der Waals surface area (Å²) in [6, 6.07) is 8.25. The molecule has 90 valence electrons. The summed E-state index contributed by atoms with van der Waals surface area (Å²) >= 11 is 0. The second-order valence-electron chi connectivity index (χ2n) is 4.08. The molecule has 0 spiro atoms. The Labute approximate surface area is 101 Å². The number of rotatable bonds is 5. The molecule has 1 aromatic carbocycles. The molecule has 2 N–H and O–H groups in total. The van der Waals surface area contributed by atoms with Crippen LogP contribution >= 0.6 is 0 Å². The fraction of sp³-hybridized carbons (Fsp3) is 0.385. The molecule has 0 aliphatic heterocycles. The highest BCUT2D eigenvalue weighted by Gasteiger charge is 2.05. The quantitative estimate of drug-likeness (QED) is 0.802. The van der Waals surface area contributed by atoms with Gasteiger partial charge < -0.3 is 10.3 Å². The molecule has 2 aromatic rings. The number of hydrogen-bond acceptors (Lipinski definition) is 4. The lowest BCUT2D eigenvalue weighted by molar-refractivity contribution is 0.394. The average Bonchev–Trinajstić information content (AvgIpc) is 2.77. The number of hydrogen-bond donors (Lipinski definition) is 1. The average molecular weight is 231 g/mol. The number of benzene rings is 1. The first-order valence-corrected chi connectivity index (χ1v) is 5.89. The first-order valence-electron chi connectivity index (χ1n) is 5.89.